The number of carbonyl (C=O) groups excluding carboxylic acids is 1. The molecule has 13 heteroatoms. The van der Waals surface area contributed by atoms with Gasteiger partial charge in [-0.1, -0.05) is 11.3 Å². The highest BCUT2D eigenvalue weighted by molar-refractivity contribution is 7.18. The van der Waals surface area contributed by atoms with Crippen molar-refractivity contribution >= 4 is 39.1 Å². The van der Waals surface area contributed by atoms with E-state index < -0.39 is 29.7 Å². The predicted octanol–water partition coefficient (Wildman–Crippen LogP) is 4.95. The Bertz CT molecular complexity index is 1310. The minimum Gasteiger partial charge on any atom is -0.377 e. The van der Waals surface area contributed by atoms with Crippen molar-refractivity contribution in [3.05, 3.63) is 53.1 Å². The third kappa shape index (κ3) is 4.64. The molecular formula is C20H18F3N7O2S. The summed E-state index contributed by atoms with van der Waals surface area (Å²) < 4.78 is 47.2. The maximum absolute atomic E-state index is 13.6. The smallest absolute Gasteiger partial charge is 0.377 e. The predicted molar refractivity (Wildman–Crippen MR) is 117 cm³/mol. The average molecular weight is 477 g/mol. The lowest BCUT2D eigenvalue weighted by atomic mass is 10.1. The zero-order valence-electron chi connectivity index (χ0n) is 17.6. The van der Waals surface area contributed by atoms with Crippen molar-refractivity contribution in [1.29, 1.82) is 0 Å². The molecule has 0 aliphatic carbocycles. The molecule has 0 aliphatic heterocycles. The highest BCUT2D eigenvalue weighted by Crippen LogP contribution is 2.35. The molecule has 2 amide bonds. The van der Waals surface area contributed by atoms with Crippen LogP contribution in [0.4, 0.5) is 29.3 Å². The first-order valence-corrected chi connectivity index (χ1v) is 10.4. The Balaban J connectivity index is 1.63. The molecule has 9 nitrogen and oxygen atoms in total. The van der Waals surface area contributed by atoms with Gasteiger partial charge < -0.3 is 15.4 Å². The highest BCUT2D eigenvalue weighted by Gasteiger charge is 2.35. The van der Waals surface area contributed by atoms with E-state index in [1.165, 1.54) is 43.1 Å². The monoisotopic (exact) mass is 477 g/mol. The van der Waals surface area contributed by atoms with Crippen molar-refractivity contribution in [2.45, 2.75) is 26.1 Å². The molecule has 4 aromatic heterocycles. The summed E-state index contributed by atoms with van der Waals surface area (Å²) in [5.41, 5.74) is 0.352. The van der Waals surface area contributed by atoms with Crippen LogP contribution in [-0.4, -0.2) is 37.9 Å². The van der Waals surface area contributed by atoms with Crippen molar-refractivity contribution in [1.82, 2.24) is 24.7 Å². The topological polar surface area (TPSA) is 107 Å². The molecule has 2 N–H and O–H groups in total. The molecule has 4 aromatic rings. The molecular weight excluding hydrogens is 459 g/mol. The van der Waals surface area contributed by atoms with Crippen molar-refractivity contribution in [2.24, 2.45) is 0 Å². The summed E-state index contributed by atoms with van der Waals surface area (Å²) in [6, 6.07) is 1.51. The summed E-state index contributed by atoms with van der Waals surface area (Å²) in [7, 11) is 1.52. The number of nitrogens with zero attached hydrogens (tertiary/aromatic N) is 5. The van der Waals surface area contributed by atoms with Gasteiger partial charge in [0.25, 0.3) is 0 Å². The number of amides is 2. The fraction of sp³-hybridized carbons (Fsp3) is 0.250. The number of aryl methyl sites for hydroxylation is 1. The number of hydrogen-bond donors (Lipinski definition) is 2. The molecule has 0 fully saturated rings. The molecule has 0 saturated carbocycles. The van der Waals surface area contributed by atoms with Crippen LogP contribution in [0.15, 0.2) is 36.9 Å². The van der Waals surface area contributed by atoms with Crippen LogP contribution in [0, 0.1) is 6.92 Å². The molecule has 0 unspecified atom stereocenters. The zero-order chi connectivity index (χ0) is 23.8. The standard InChI is InChI=1S/C20H18F3N7O2S/c1-10(32-3)15-14(9-25-18-16(15)27-11(2)33-18)29-19(31)28-12-7-13(20(21,22)23)17(24-8-12)30-6-4-5-26-30/h4-10H,1-3H3,(H2,28,29,31)/t10-/m0/s1. The number of fused-ring (bicyclic) bond motifs is 1. The first kappa shape index (κ1) is 22.6. The van der Waals surface area contributed by atoms with E-state index in [9.17, 15) is 18.0 Å². The summed E-state index contributed by atoms with van der Waals surface area (Å²) in [4.78, 5) is 25.9. The number of anilines is 2. The number of alkyl halides is 3. The molecule has 0 spiro atoms. The minimum absolute atomic E-state index is 0.143. The van der Waals surface area contributed by atoms with E-state index in [0.717, 1.165) is 22.0 Å². The molecule has 0 aliphatic rings. The molecule has 0 bridgehead atoms. The quantitative estimate of drug-likeness (QED) is 0.421. The van der Waals surface area contributed by atoms with Gasteiger partial charge in [-0.25, -0.2) is 24.4 Å². The minimum atomic E-state index is -4.71. The molecule has 1 atom stereocenters. The van der Waals surface area contributed by atoms with Gasteiger partial charge in [-0.3, -0.25) is 0 Å². The van der Waals surface area contributed by atoms with Gasteiger partial charge in [0.1, 0.15) is 15.9 Å². The maximum Gasteiger partial charge on any atom is 0.420 e. The van der Waals surface area contributed by atoms with Crippen LogP contribution in [0.2, 0.25) is 0 Å². The fourth-order valence-corrected chi connectivity index (χ4v) is 4.00. The lowest BCUT2D eigenvalue weighted by Crippen LogP contribution is -2.22. The second-order valence-electron chi connectivity index (χ2n) is 6.97. The Morgan fingerprint density at radius 2 is 2.03 bits per heavy atom. The molecule has 4 rings (SSSR count). The van der Waals surface area contributed by atoms with Gasteiger partial charge in [0.2, 0.25) is 0 Å². The zero-order valence-corrected chi connectivity index (χ0v) is 18.5. The third-order valence-corrected chi connectivity index (χ3v) is 5.61. The largest absolute Gasteiger partial charge is 0.420 e. The van der Waals surface area contributed by atoms with E-state index in [4.69, 9.17) is 4.74 Å². The van der Waals surface area contributed by atoms with E-state index >= 15 is 0 Å². The summed E-state index contributed by atoms with van der Waals surface area (Å²) >= 11 is 1.40. The van der Waals surface area contributed by atoms with Crippen LogP contribution in [0.1, 0.15) is 29.2 Å². The summed E-state index contributed by atoms with van der Waals surface area (Å²) in [5, 5.41) is 9.60. The van der Waals surface area contributed by atoms with Crippen LogP contribution < -0.4 is 10.6 Å². The fourth-order valence-electron chi connectivity index (χ4n) is 3.22. The number of nitrogens with one attached hydrogen (secondary N) is 2. The lowest BCUT2D eigenvalue weighted by Gasteiger charge is -2.17. The van der Waals surface area contributed by atoms with E-state index in [-0.39, 0.29) is 5.69 Å². The number of halogens is 3. The number of hydrogen-bond acceptors (Lipinski definition) is 7. The first-order valence-electron chi connectivity index (χ1n) is 9.61. The highest BCUT2D eigenvalue weighted by atomic mass is 32.1. The van der Waals surface area contributed by atoms with Crippen LogP contribution in [0.3, 0.4) is 0 Å². The van der Waals surface area contributed by atoms with E-state index in [0.29, 0.717) is 21.6 Å². The van der Waals surface area contributed by atoms with Crippen LogP contribution in [0.25, 0.3) is 16.2 Å². The molecule has 33 heavy (non-hydrogen) atoms. The number of aromatic nitrogens is 5. The van der Waals surface area contributed by atoms with Crippen LogP contribution in [0.5, 0.6) is 0 Å². The normalized spacial score (nSPS) is 12.7. The first-order chi connectivity index (χ1) is 15.7. The van der Waals surface area contributed by atoms with Crippen LogP contribution in [-0.2, 0) is 10.9 Å². The number of carbonyl (C=O) groups is 1. The van der Waals surface area contributed by atoms with Crippen LogP contribution >= 0.6 is 11.3 Å². The Kier molecular flexibility index (Phi) is 5.99. The molecule has 0 saturated heterocycles. The second kappa shape index (κ2) is 8.75. The van der Waals surface area contributed by atoms with Crippen molar-refractivity contribution in [3.8, 4) is 5.82 Å². The molecule has 0 aromatic carbocycles. The Hall–Kier alpha value is -3.58. The number of ether oxygens (including phenoxy) is 1. The van der Waals surface area contributed by atoms with E-state index in [1.807, 2.05) is 6.92 Å². The molecule has 4 heterocycles. The number of thiazole rings is 1. The third-order valence-electron chi connectivity index (χ3n) is 4.73. The summed E-state index contributed by atoms with van der Waals surface area (Å²) in [6.45, 7) is 3.63. The van der Waals surface area contributed by atoms with Gasteiger partial charge in [0.15, 0.2) is 5.82 Å². The summed E-state index contributed by atoms with van der Waals surface area (Å²) in [5.74, 6) is -0.400. The van der Waals surface area contributed by atoms with Crippen molar-refractivity contribution < 1.29 is 22.7 Å². The molecule has 0 radical (unpaired) electrons. The number of urea groups is 1. The van der Waals surface area contributed by atoms with Gasteiger partial charge in [-0.2, -0.15) is 18.3 Å². The number of rotatable bonds is 5. The maximum atomic E-state index is 13.6. The van der Waals surface area contributed by atoms with Gasteiger partial charge in [0.05, 0.1) is 34.9 Å². The van der Waals surface area contributed by atoms with Gasteiger partial charge >= 0.3 is 12.2 Å². The number of methoxy groups -OCH3 is 1. The van der Waals surface area contributed by atoms with Crippen molar-refractivity contribution in [2.75, 3.05) is 17.7 Å². The Labute approximate surface area is 189 Å². The van der Waals surface area contributed by atoms with Gasteiger partial charge in [-0.15, -0.1) is 0 Å². The lowest BCUT2D eigenvalue weighted by molar-refractivity contribution is -0.137. The van der Waals surface area contributed by atoms with E-state index in [2.05, 4.69) is 30.7 Å². The molecule has 172 valence electrons. The van der Waals surface area contributed by atoms with Gasteiger partial charge in [0, 0.05) is 25.1 Å². The summed E-state index contributed by atoms with van der Waals surface area (Å²) in [6.07, 6.45) is 0.147. The average Bonchev–Trinajstić information content (AvgIpc) is 3.41. The van der Waals surface area contributed by atoms with E-state index in [1.54, 1.807) is 6.92 Å². The Morgan fingerprint density at radius 3 is 2.70 bits per heavy atom. The second-order valence-corrected chi connectivity index (χ2v) is 8.15. The van der Waals surface area contributed by atoms with Crippen molar-refractivity contribution in [3.63, 3.8) is 0 Å². The Morgan fingerprint density at radius 1 is 1.24 bits per heavy atom. The van der Waals surface area contributed by atoms with Gasteiger partial charge in [-0.05, 0) is 26.0 Å². The SMILES string of the molecule is CO[C@@H](C)c1c(NC(=O)Nc2cnc(-n3cccn3)c(C(F)(F)F)c2)cnc2sc(C)nc12. The number of pyridine rings is 2.